The van der Waals surface area contributed by atoms with Crippen molar-refractivity contribution in [1.82, 2.24) is 5.43 Å². The van der Waals surface area contributed by atoms with Gasteiger partial charge in [0.05, 0.1) is 11.1 Å². The van der Waals surface area contributed by atoms with Gasteiger partial charge in [-0.3, -0.25) is 14.9 Å². The van der Waals surface area contributed by atoms with E-state index >= 15 is 0 Å². The number of hydrogen-bond acceptors (Lipinski definition) is 6. The van der Waals surface area contributed by atoms with Crippen LogP contribution in [-0.2, 0) is 4.79 Å². The maximum absolute atomic E-state index is 10.7. The van der Waals surface area contributed by atoms with Crippen molar-refractivity contribution in [3.8, 4) is 11.3 Å². The minimum atomic E-state index is -0.833. The molecule has 1 heterocycles. The number of aliphatic carboxylic acids is 1. The van der Waals surface area contributed by atoms with Crippen LogP contribution in [0.15, 0.2) is 44.3 Å². The second-order valence-electron chi connectivity index (χ2n) is 4.41. The molecule has 2 rings (SSSR count). The molecule has 1 aromatic carbocycles. The van der Waals surface area contributed by atoms with E-state index in [1.54, 1.807) is 24.4 Å². The van der Waals surface area contributed by atoms with Crippen LogP contribution in [0.4, 0.5) is 5.69 Å². The van der Waals surface area contributed by atoms with Gasteiger partial charge in [0.15, 0.2) is 0 Å². The molecule has 0 aliphatic rings. The van der Waals surface area contributed by atoms with Crippen molar-refractivity contribution in [2.75, 3.05) is 6.54 Å². The van der Waals surface area contributed by atoms with E-state index in [2.05, 4.69) is 26.5 Å². The van der Waals surface area contributed by atoms with Crippen LogP contribution >= 0.6 is 15.9 Å². The third kappa shape index (κ3) is 6.21. The molecule has 0 saturated carbocycles. The average molecular weight is 398 g/mol. The molecule has 0 bridgehead atoms. The number of nitrogens with zero attached hydrogens (tertiary/aromatic N) is 2. The topological polar surface area (TPSA) is 118 Å². The molecule has 0 aliphatic carbocycles. The van der Waals surface area contributed by atoms with E-state index in [0.717, 1.165) is 19.0 Å². The van der Waals surface area contributed by atoms with Gasteiger partial charge in [0, 0.05) is 35.6 Å². The monoisotopic (exact) mass is 397 g/mol. The molecule has 2 aromatic rings. The summed E-state index contributed by atoms with van der Waals surface area (Å²) in [5.74, 6) is 0.385. The zero-order valence-corrected chi connectivity index (χ0v) is 14.6. The van der Waals surface area contributed by atoms with E-state index in [1.807, 2.05) is 6.92 Å². The van der Waals surface area contributed by atoms with Crippen molar-refractivity contribution in [3.05, 3.63) is 50.7 Å². The molecule has 0 atom stereocenters. The first-order chi connectivity index (χ1) is 11.3. The number of nitro groups is 1. The van der Waals surface area contributed by atoms with Gasteiger partial charge in [0.25, 0.3) is 11.7 Å². The number of carbonyl (C=O) groups is 1. The first kappa shape index (κ1) is 19.4. The van der Waals surface area contributed by atoms with Crippen LogP contribution in [0.2, 0.25) is 0 Å². The summed E-state index contributed by atoms with van der Waals surface area (Å²) in [5.41, 5.74) is 3.58. The molecule has 0 unspecified atom stereocenters. The predicted octanol–water partition coefficient (Wildman–Crippen LogP) is 3.65. The Bertz CT molecular complexity index is 738. The number of benzene rings is 1. The van der Waals surface area contributed by atoms with E-state index in [4.69, 9.17) is 14.3 Å². The molecule has 8 nitrogen and oxygen atoms in total. The van der Waals surface area contributed by atoms with Gasteiger partial charge in [0.1, 0.15) is 11.5 Å². The smallest absolute Gasteiger partial charge is 0.300 e. The third-order valence-corrected chi connectivity index (χ3v) is 3.15. The van der Waals surface area contributed by atoms with E-state index in [1.165, 1.54) is 12.1 Å². The van der Waals surface area contributed by atoms with Crippen molar-refractivity contribution >= 4 is 33.8 Å². The number of nitro benzene ring substituents is 1. The molecule has 2 N–H and O–H groups in total. The van der Waals surface area contributed by atoms with Crippen molar-refractivity contribution in [1.29, 1.82) is 0 Å². The predicted molar refractivity (Wildman–Crippen MR) is 93.1 cm³/mol. The summed E-state index contributed by atoms with van der Waals surface area (Å²) in [6, 6.07) is 8.11. The quantitative estimate of drug-likeness (QED) is 0.451. The lowest BCUT2D eigenvalue weighted by Crippen LogP contribution is -2.02. The van der Waals surface area contributed by atoms with Gasteiger partial charge in [-0.1, -0.05) is 0 Å². The van der Waals surface area contributed by atoms with Gasteiger partial charge < -0.3 is 14.9 Å². The van der Waals surface area contributed by atoms with E-state index in [-0.39, 0.29) is 5.69 Å². The van der Waals surface area contributed by atoms with Gasteiger partial charge in [-0.15, -0.1) is 0 Å². The Kier molecular flexibility index (Phi) is 7.63. The Labute approximate surface area is 146 Å². The normalized spacial score (nSPS) is 10.1. The fraction of sp³-hybridized carbons (Fsp3) is 0.200. The fourth-order valence-corrected chi connectivity index (χ4v) is 2.15. The molecule has 0 fully saturated rings. The molecule has 0 amide bonds. The Morgan fingerprint density at radius 2 is 2.12 bits per heavy atom. The summed E-state index contributed by atoms with van der Waals surface area (Å²) >= 11 is 3.31. The van der Waals surface area contributed by atoms with Crippen molar-refractivity contribution < 1.29 is 19.2 Å². The number of hydrogen-bond donors (Lipinski definition) is 2. The first-order valence-electron chi connectivity index (χ1n) is 6.84. The lowest BCUT2D eigenvalue weighted by Gasteiger charge is -2.00. The highest BCUT2D eigenvalue weighted by Gasteiger charge is 2.12. The van der Waals surface area contributed by atoms with Crippen LogP contribution < -0.4 is 5.43 Å². The van der Waals surface area contributed by atoms with Crippen LogP contribution in [0, 0.1) is 10.1 Å². The Balaban J connectivity index is 0.000000648. The van der Waals surface area contributed by atoms with E-state index < -0.39 is 10.9 Å². The number of rotatable bonds is 5. The SMILES string of the molecule is CC(=O)O.CCNN=Cc1ccc(-c2ccc([N+](=O)[O-])cc2Br)o1. The van der Waals surface area contributed by atoms with E-state index in [0.29, 0.717) is 16.0 Å². The lowest BCUT2D eigenvalue weighted by molar-refractivity contribution is -0.384. The van der Waals surface area contributed by atoms with Gasteiger partial charge in [0.2, 0.25) is 0 Å². The van der Waals surface area contributed by atoms with Crippen LogP contribution in [0.25, 0.3) is 11.3 Å². The summed E-state index contributed by atoms with van der Waals surface area (Å²) < 4.78 is 6.22. The molecule has 0 radical (unpaired) electrons. The van der Waals surface area contributed by atoms with Gasteiger partial charge in [-0.25, -0.2) is 0 Å². The first-order valence-corrected chi connectivity index (χ1v) is 7.64. The molecular weight excluding hydrogens is 382 g/mol. The fourth-order valence-electron chi connectivity index (χ4n) is 1.58. The number of halogens is 1. The number of nitrogens with one attached hydrogen (secondary N) is 1. The highest BCUT2D eigenvalue weighted by atomic mass is 79.9. The molecular formula is C15H16BrN3O5. The number of carboxylic acid groups (broad SMARTS) is 1. The van der Waals surface area contributed by atoms with Crippen molar-refractivity contribution in [3.63, 3.8) is 0 Å². The Hall–Kier alpha value is -2.68. The van der Waals surface area contributed by atoms with Crippen LogP contribution in [0.1, 0.15) is 19.6 Å². The molecule has 1 aromatic heterocycles. The lowest BCUT2D eigenvalue weighted by atomic mass is 10.1. The second-order valence-corrected chi connectivity index (χ2v) is 5.27. The minimum absolute atomic E-state index is 0.0288. The molecule has 24 heavy (non-hydrogen) atoms. The zero-order valence-electron chi connectivity index (χ0n) is 13.0. The summed E-state index contributed by atoms with van der Waals surface area (Å²) in [6.07, 6.45) is 1.58. The standard InChI is InChI=1S/C13H12BrN3O3.C2H4O2/c1-2-15-16-8-10-4-6-13(20-10)11-5-3-9(17(18)19)7-12(11)14;1-2(3)4/h3-8,15H,2H2,1H3;1H3,(H,3,4). The maximum Gasteiger partial charge on any atom is 0.300 e. The largest absolute Gasteiger partial charge is 0.481 e. The summed E-state index contributed by atoms with van der Waals surface area (Å²) in [7, 11) is 0. The molecule has 0 aliphatic heterocycles. The van der Waals surface area contributed by atoms with E-state index in [9.17, 15) is 10.1 Å². The van der Waals surface area contributed by atoms with Gasteiger partial charge in [-0.05, 0) is 41.1 Å². The third-order valence-electron chi connectivity index (χ3n) is 2.50. The maximum atomic E-state index is 10.7. The molecule has 128 valence electrons. The zero-order chi connectivity index (χ0) is 18.1. The number of hydrazone groups is 1. The molecule has 0 spiro atoms. The summed E-state index contributed by atoms with van der Waals surface area (Å²) in [4.78, 5) is 19.2. The van der Waals surface area contributed by atoms with Crippen LogP contribution in [0.5, 0.6) is 0 Å². The Morgan fingerprint density at radius 3 is 2.67 bits per heavy atom. The summed E-state index contributed by atoms with van der Waals surface area (Å²) in [6.45, 7) is 3.76. The molecule has 9 heteroatoms. The van der Waals surface area contributed by atoms with Crippen LogP contribution in [0.3, 0.4) is 0 Å². The number of furan rings is 1. The highest BCUT2D eigenvalue weighted by molar-refractivity contribution is 9.10. The van der Waals surface area contributed by atoms with Gasteiger partial charge in [-0.2, -0.15) is 5.10 Å². The van der Waals surface area contributed by atoms with Crippen molar-refractivity contribution in [2.24, 2.45) is 5.10 Å². The Morgan fingerprint density at radius 1 is 1.46 bits per heavy atom. The molecule has 0 saturated heterocycles. The number of carboxylic acids is 1. The minimum Gasteiger partial charge on any atom is -0.481 e. The van der Waals surface area contributed by atoms with Gasteiger partial charge >= 0.3 is 0 Å². The van der Waals surface area contributed by atoms with Crippen molar-refractivity contribution in [2.45, 2.75) is 13.8 Å². The highest BCUT2D eigenvalue weighted by Crippen LogP contribution is 2.32. The summed E-state index contributed by atoms with van der Waals surface area (Å²) in [5, 5.41) is 22.1. The van der Waals surface area contributed by atoms with Crippen LogP contribution in [-0.4, -0.2) is 28.8 Å². The second kappa shape index (κ2) is 9.46. The average Bonchev–Trinajstić information content (AvgIpc) is 2.95. The number of non-ortho nitro benzene ring substituents is 1.